The molecular formula is C20H28N4O. The van der Waals surface area contributed by atoms with Crippen LogP contribution < -0.4 is 0 Å². The summed E-state index contributed by atoms with van der Waals surface area (Å²) < 4.78 is 2.27. The highest BCUT2D eigenvalue weighted by molar-refractivity contribution is 5.79. The van der Waals surface area contributed by atoms with Gasteiger partial charge in [-0.25, -0.2) is 9.97 Å². The fourth-order valence-electron chi connectivity index (χ4n) is 4.51. The predicted octanol–water partition coefficient (Wildman–Crippen LogP) is 3.74. The van der Waals surface area contributed by atoms with Crippen LogP contribution in [0.3, 0.4) is 0 Å². The molecule has 0 radical (unpaired) electrons. The van der Waals surface area contributed by atoms with E-state index in [1.807, 2.05) is 18.3 Å². The predicted molar refractivity (Wildman–Crippen MR) is 98.3 cm³/mol. The number of rotatable bonds is 4. The van der Waals surface area contributed by atoms with Crippen LogP contribution in [0.15, 0.2) is 18.3 Å². The van der Waals surface area contributed by atoms with Gasteiger partial charge in [-0.15, -0.1) is 0 Å². The fourth-order valence-corrected chi connectivity index (χ4v) is 4.51. The molecule has 1 aliphatic carbocycles. The lowest BCUT2D eigenvalue weighted by Gasteiger charge is -2.26. The molecule has 5 heteroatoms. The van der Waals surface area contributed by atoms with Gasteiger partial charge in [-0.1, -0.05) is 26.2 Å². The molecule has 0 spiro atoms. The molecule has 1 aliphatic heterocycles. The van der Waals surface area contributed by atoms with Crippen molar-refractivity contribution < 1.29 is 4.79 Å². The second kappa shape index (κ2) is 7.14. The lowest BCUT2D eigenvalue weighted by molar-refractivity contribution is -0.135. The highest BCUT2D eigenvalue weighted by atomic mass is 16.2. The Bertz CT molecular complexity index is 747. The van der Waals surface area contributed by atoms with Crippen molar-refractivity contribution in [3.05, 3.63) is 24.2 Å². The third-order valence-electron chi connectivity index (χ3n) is 5.80. The monoisotopic (exact) mass is 340 g/mol. The van der Waals surface area contributed by atoms with Crippen LogP contribution in [0.1, 0.15) is 63.6 Å². The van der Waals surface area contributed by atoms with Gasteiger partial charge in [0, 0.05) is 37.7 Å². The minimum atomic E-state index is 0.267. The quantitative estimate of drug-likeness (QED) is 0.852. The van der Waals surface area contributed by atoms with Crippen molar-refractivity contribution in [2.75, 3.05) is 13.1 Å². The van der Waals surface area contributed by atoms with E-state index >= 15 is 0 Å². The summed E-state index contributed by atoms with van der Waals surface area (Å²) >= 11 is 0. The summed E-state index contributed by atoms with van der Waals surface area (Å²) in [6.07, 6.45) is 9.81. The molecular weight excluding hydrogens is 312 g/mol. The molecule has 0 bridgehead atoms. The van der Waals surface area contributed by atoms with E-state index in [9.17, 15) is 4.79 Å². The van der Waals surface area contributed by atoms with Crippen LogP contribution in [-0.4, -0.2) is 38.4 Å². The van der Waals surface area contributed by atoms with Crippen molar-refractivity contribution in [3.63, 3.8) is 0 Å². The molecule has 1 amide bonds. The molecule has 2 aliphatic rings. The summed E-state index contributed by atoms with van der Waals surface area (Å²) in [6, 6.07) is 3.99. The lowest BCUT2D eigenvalue weighted by Crippen LogP contribution is -2.35. The molecule has 1 atom stereocenters. The van der Waals surface area contributed by atoms with Gasteiger partial charge in [0.1, 0.15) is 11.3 Å². The van der Waals surface area contributed by atoms with Crippen LogP contribution in [0.4, 0.5) is 0 Å². The van der Waals surface area contributed by atoms with Crippen LogP contribution >= 0.6 is 0 Å². The van der Waals surface area contributed by atoms with Gasteiger partial charge >= 0.3 is 0 Å². The van der Waals surface area contributed by atoms with Crippen LogP contribution in [0.5, 0.6) is 0 Å². The van der Waals surface area contributed by atoms with E-state index in [1.165, 1.54) is 19.3 Å². The summed E-state index contributed by atoms with van der Waals surface area (Å²) in [6.45, 7) is 4.83. The van der Waals surface area contributed by atoms with Gasteiger partial charge in [0.15, 0.2) is 5.65 Å². The molecule has 0 N–H and O–H groups in total. The molecule has 5 nitrogen and oxygen atoms in total. The molecule has 2 aromatic rings. The van der Waals surface area contributed by atoms with E-state index < -0.39 is 0 Å². The fraction of sp³-hybridized carbons (Fsp3) is 0.650. The van der Waals surface area contributed by atoms with E-state index in [4.69, 9.17) is 4.98 Å². The zero-order valence-corrected chi connectivity index (χ0v) is 15.2. The van der Waals surface area contributed by atoms with Gasteiger partial charge in [-0.2, -0.15) is 0 Å². The molecule has 1 saturated carbocycles. The van der Waals surface area contributed by atoms with Crippen LogP contribution in [0.2, 0.25) is 0 Å². The summed E-state index contributed by atoms with van der Waals surface area (Å²) in [7, 11) is 0. The molecule has 1 saturated heterocycles. The topological polar surface area (TPSA) is 51.0 Å². The number of carbonyl (C=O) groups excluding carboxylic acids is 1. The smallest absolute Gasteiger partial charge is 0.225 e. The highest BCUT2D eigenvalue weighted by Crippen LogP contribution is 2.32. The maximum absolute atomic E-state index is 12.8. The Morgan fingerprint density at radius 2 is 2.08 bits per heavy atom. The first-order chi connectivity index (χ1) is 12.3. The van der Waals surface area contributed by atoms with Crippen molar-refractivity contribution in [2.45, 2.75) is 64.3 Å². The van der Waals surface area contributed by atoms with E-state index in [0.29, 0.717) is 11.8 Å². The second-order valence-corrected chi connectivity index (χ2v) is 7.57. The Labute approximate surface area is 149 Å². The Hall–Kier alpha value is -1.91. The van der Waals surface area contributed by atoms with Gasteiger partial charge in [0.05, 0.1) is 0 Å². The minimum absolute atomic E-state index is 0.267. The maximum atomic E-state index is 12.8. The Kier molecular flexibility index (Phi) is 4.73. The number of likely N-dealkylation sites (tertiary alicyclic amines) is 1. The highest BCUT2D eigenvalue weighted by Gasteiger charge is 2.34. The Balaban J connectivity index is 1.54. The molecule has 0 aromatic carbocycles. The molecule has 4 rings (SSSR count). The van der Waals surface area contributed by atoms with E-state index in [1.54, 1.807) is 0 Å². The first kappa shape index (κ1) is 16.6. The molecule has 0 unspecified atom stereocenters. The summed E-state index contributed by atoms with van der Waals surface area (Å²) in [5.41, 5.74) is 1.96. The van der Waals surface area contributed by atoms with E-state index in [-0.39, 0.29) is 5.92 Å². The zero-order chi connectivity index (χ0) is 17.2. The maximum Gasteiger partial charge on any atom is 0.225 e. The number of nitrogens with zero attached hydrogens (tertiary/aromatic N) is 4. The number of imidazole rings is 1. The standard InChI is InChI=1S/C20H28N4O/c1-2-12-24-18(22-17-9-6-11-21-19(17)24)16-10-13-23(14-16)20(25)15-7-4-3-5-8-15/h6,9,11,15-16H,2-5,7-8,10,12-14H2,1H3/t16-/m0/s1. The number of aromatic nitrogens is 3. The van der Waals surface area contributed by atoms with E-state index in [0.717, 1.165) is 62.3 Å². The van der Waals surface area contributed by atoms with Gasteiger partial charge in [-0.3, -0.25) is 4.79 Å². The van der Waals surface area contributed by atoms with Gasteiger partial charge in [0.25, 0.3) is 0 Å². The lowest BCUT2D eigenvalue weighted by atomic mass is 9.88. The third-order valence-corrected chi connectivity index (χ3v) is 5.80. The number of hydrogen-bond donors (Lipinski definition) is 0. The number of amides is 1. The molecule has 25 heavy (non-hydrogen) atoms. The molecule has 2 aromatic heterocycles. The first-order valence-electron chi connectivity index (χ1n) is 9.88. The van der Waals surface area contributed by atoms with Crippen LogP contribution in [0, 0.1) is 5.92 Å². The number of pyridine rings is 1. The average molecular weight is 340 g/mol. The average Bonchev–Trinajstić information content (AvgIpc) is 3.27. The van der Waals surface area contributed by atoms with Crippen LogP contribution in [-0.2, 0) is 11.3 Å². The van der Waals surface area contributed by atoms with Crippen molar-refractivity contribution in [3.8, 4) is 0 Å². The van der Waals surface area contributed by atoms with Gasteiger partial charge in [0.2, 0.25) is 5.91 Å². The third kappa shape index (κ3) is 3.16. The second-order valence-electron chi connectivity index (χ2n) is 7.57. The number of carbonyl (C=O) groups is 1. The summed E-state index contributed by atoms with van der Waals surface area (Å²) in [4.78, 5) is 24.4. The molecule has 134 valence electrons. The van der Waals surface area contributed by atoms with Crippen molar-refractivity contribution in [2.24, 2.45) is 5.92 Å². The number of fused-ring (bicyclic) bond motifs is 1. The Morgan fingerprint density at radius 3 is 2.88 bits per heavy atom. The summed E-state index contributed by atoms with van der Waals surface area (Å²) in [5.74, 6) is 2.12. The van der Waals surface area contributed by atoms with E-state index in [2.05, 4.69) is 21.4 Å². The summed E-state index contributed by atoms with van der Waals surface area (Å²) in [5, 5.41) is 0. The zero-order valence-electron chi connectivity index (χ0n) is 15.2. The number of hydrogen-bond acceptors (Lipinski definition) is 3. The van der Waals surface area contributed by atoms with Crippen molar-refractivity contribution in [1.82, 2.24) is 19.4 Å². The molecule has 3 heterocycles. The van der Waals surface area contributed by atoms with Crippen molar-refractivity contribution >= 4 is 17.1 Å². The SMILES string of the molecule is CCCn1c([C@H]2CCN(C(=O)C3CCCCC3)C2)nc2cccnc21. The Morgan fingerprint density at radius 1 is 1.24 bits per heavy atom. The normalized spacial score (nSPS) is 22.0. The van der Waals surface area contributed by atoms with Crippen LogP contribution in [0.25, 0.3) is 11.2 Å². The minimum Gasteiger partial charge on any atom is -0.342 e. The number of aryl methyl sites for hydroxylation is 1. The van der Waals surface area contributed by atoms with Gasteiger partial charge in [-0.05, 0) is 37.8 Å². The largest absolute Gasteiger partial charge is 0.342 e. The van der Waals surface area contributed by atoms with Gasteiger partial charge < -0.3 is 9.47 Å². The molecule has 2 fully saturated rings. The first-order valence-corrected chi connectivity index (χ1v) is 9.88. The van der Waals surface area contributed by atoms with Crippen molar-refractivity contribution in [1.29, 1.82) is 0 Å².